The first-order valence-electron chi connectivity index (χ1n) is 8.33. The van der Waals surface area contributed by atoms with Crippen molar-refractivity contribution in [1.29, 1.82) is 0 Å². The molecule has 0 radical (unpaired) electrons. The maximum atomic E-state index is 13.0. The molecule has 1 atom stereocenters. The summed E-state index contributed by atoms with van der Waals surface area (Å²) in [4.78, 5) is 6.87. The molecule has 0 aliphatic carbocycles. The minimum absolute atomic E-state index is 0.285. The number of hydrogen-bond acceptors (Lipinski definition) is 5. The van der Waals surface area contributed by atoms with E-state index in [4.69, 9.17) is 0 Å². The van der Waals surface area contributed by atoms with Gasteiger partial charge in [-0.15, -0.1) is 11.3 Å². The predicted molar refractivity (Wildman–Crippen MR) is 96.1 cm³/mol. The van der Waals surface area contributed by atoms with Gasteiger partial charge in [0, 0.05) is 31.1 Å². The Hall–Kier alpha value is -1.50. The van der Waals surface area contributed by atoms with Gasteiger partial charge in [0.05, 0.1) is 11.3 Å². The quantitative estimate of drug-likeness (QED) is 0.871. The van der Waals surface area contributed by atoms with Crippen molar-refractivity contribution in [1.82, 2.24) is 10.3 Å². The lowest BCUT2D eigenvalue weighted by molar-refractivity contribution is 0.0527. The predicted octanol–water partition coefficient (Wildman–Crippen LogP) is 3.06. The number of benzene rings is 1. The third kappa shape index (κ3) is 4.12. The number of aromatic nitrogens is 1. The monoisotopic (exact) mass is 349 g/mol. The zero-order chi connectivity index (χ0) is 17.2. The molecule has 2 N–H and O–H groups in total. The third-order valence-electron chi connectivity index (χ3n) is 4.57. The van der Waals surface area contributed by atoms with Gasteiger partial charge in [-0.25, -0.2) is 9.37 Å². The van der Waals surface area contributed by atoms with E-state index >= 15 is 0 Å². The average molecular weight is 349 g/mol. The Bertz CT molecular complexity index is 663. The van der Waals surface area contributed by atoms with Crippen molar-refractivity contribution in [3.8, 4) is 0 Å². The van der Waals surface area contributed by atoms with E-state index in [0.717, 1.165) is 42.3 Å². The van der Waals surface area contributed by atoms with Crippen LogP contribution in [0.4, 0.5) is 9.52 Å². The molecule has 6 heteroatoms. The molecule has 1 aromatic carbocycles. The summed E-state index contributed by atoms with van der Waals surface area (Å²) in [7, 11) is 0. The minimum atomic E-state index is -1.00. The molecule has 3 rings (SSSR count). The van der Waals surface area contributed by atoms with Crippen molar-refractivity contribution >= 4 is 16.5 Å². The highest BCUT2D eigenvalue weighted by atomic mass is 32.1. The van der Waals surface area contributed by atoms with Crippen LogP contribution < -0.4 is 10.2 Å². The van der Waals surface area contributed by atoms with Crippen LogP contribution >= 0.6 is 11.3 Å². The molecule has 0 saturated carbocycles. The van der Waals surface area contributed by atoms with E-state index in [0.29, 0.717) is 12.6 Å². The molecule has 0 bridgehead atoms. The van der Waals surface area contributed by atoms with Gasteiger partial charge in [0.2, 0.25) is 0 Å². The van der Waals surface area contributed by atoms with Gasteiger partial charge < -0.3 is 15.3 Å². The Kier molecular flexibility index (Phi) is 5.18. The number of hydrogen-bond donors (Lipinski definition) is 2. The zero-order valence-electron chi connectivity index (χ0n) is 14.1. The molecule has 0 unspecified atom stereocenters. The lowest BCUT2D eigenvalue weighted by Crippen LogP contribution is -2.46. The summed E-state index contributed by atoms with van der Waals surface area (Å²) in [5.74, 6) is -0.285. The number of rotatable bonds is 5. The topological polar surface area (TPSA) is 48.4 Å². The van der Waals surface area contributed by atoms with Crippen LogP contribution in [0.2, 0.25) is 0 Å². The summed E-state index contributed by atoms with van der Waals surface area (Å²) in [6, 6.07) is 6.44. The molecule has 2 heterocycles. The molecule has 1 aliphatic rings. The molecule has 24 heavy (non-hydrogen) atoms. The first-order chi connectivity index (χ1) is 11.4. The zero-order valence-corrected chi connectivity index (χ0v) is 14.9. The van der Waals surface area contributed by atoms with E-state index in [2.05, 4.69) is 20.6 Å². The second-order valence-corrected chi connectivity index (χ2v) is 7.53. The van der Waals surface area contributed by atoms with Gasteiger partial charge in [0.15, 0.2) is 5.13 Å². The van der Waals surface area contributed by atoms with Crippen LogP contribution in [0.3, 0.4) is 0 Å². The van der Waals surface area contributed by atoms with Gasteiger partial charge in [-0.1, -0.05) is 12.1 Å². The smallest absolute Gasteiger partial charge is 0.185 e. The number of halogens is 1. The molecule has 0 amide bonds. The van der Waals surface area contributed by atoms with E-state index in [-0.39, 0.29) is 5.82 Å². The summed E-state index contributed by atoms with van der Waals surface area (Å²) in [5.41, 5.74) is 0.801. The maximum Gasteiger partial charge on any atom is 0.185 e. The number of piperidine rings is 1. The van der Waals surface area contributed by atoms with E-state index < -0.39 is 5.60 Å². The Morgan fingerprint density at radius 3 is 2.58 bits per heavy atom. The van der Waals surface area contributed by atoms with Crippen LogP contribution in [-0.2, 0) is 5.60 Å². The highest BCUT2D eigenvalue weighted by Gasteiger charge is 2.26. The van der Waals surface area contributed by atoms with Crippen LogP contribution in [0.5, 0.6) is 0 Å². The Labute approximate surface area is 146 Å². The fraction of sp³-hybridized carbons (Fsp3) is 0.500. The molecule has 1 aromatic heterocycles. The van der Waals surface area contributed by atoms with Gasteiger partial charge in [-0.3, -0.25) is 0 Å². The average Bonchev–Trinajstić information content (AvgIpc) is 3.00. The number of thiazole rings is 1. The molecule has 130 valence electrons. The highest BCUT2D eigenvalue weighted by Crippen LogP contribution is 2.25. The SMILES string of the molecule is Cc1csc(N2CCC(NC[C@@](C)(O)c3ccc(F)cc3)CC2)n1. The fourth-order valence-electron chi connectivity index (χ4n) is 3.02. The van der Waals surface area contributed by atoms with Gasteiger partial charge in [0.1, 0.15) is 5.82 Å². The second-order valence-electron chi connectivity index (χ2n) is 6.69. The summed E-state index contributed by atoms with van der Waals surface area (Å²) in [5, 5.41) is 17.3. The molecule has 0 spiro atoms. The molecule has 1 fully saturated rings. The van der Waals surface area contributed by atoms with E-state index in [1.54, 1.807) is 30.4 Å². The van der Waals surface area contributed by atoms with E-state index in [1.165, 1.54) is 12.1 Å². The van der Waals surface area contributed by atoms with Gasteiger partial charge in [-0.2, -0.15) is 0 Å². The summed E-state index contributed by atoms with van der Waals surface area (Å²) < 4.78 is 13.0. The molecule has 1 aliphatic heterocycles. The lowest BCUT2D eigenvalue weighted by Gasteiger charge is -2.34. The molecular formula is C18H24FN3OS. The molecule has 2 aromatic rings. The number of nitrogens with zero attached hydrogens (tertiary/aromatic N) is 2. The number of aliphatic hydroxyl groups is 1. The van der Waals surface area contributed by atoms with Crippen LogP contribution in [0.15, 0.2) is 29.6 Å². The largest absolute Gasteiger partial charge is 0.384 e. The normalized spacial score (nSPS) is 18.6. The fourth-order valence-corrected chi connectivity index (χ4v) is 3.87. The standard InChI is InChI=1S/C18H24FN3OS/c1-13-11-24-17(21-13)22-9-7-16(8-10-22)20-12-18(2,23)14-3-5-15(19)6-4-14/h3-6,11,16,20,23H,7-10,12H2,1-2H3/t18-/m1/s1. The van der Waals surface area contributed by atoms with Crippen LogP contribution in [0.1, 0.15) is 31.0 Å². The Morgan fingerprint density at radius 1 is 1.33 bits per heavy atom. The number of nitrogens with one attached hydrogen (secondary N) is 1. The number of aryl methyl sites for hydroxylation is 1. The minimum Gasteiger partial charge on any atom is -0.384 e. The first kappa shape index (κ1) is 17.3. The molecular weight excluding hydrogens is 325 g/mol. The third-order valence-corrected chi connectivity index (χ3v) is 5.59. The Morgan fingerprint density at radius 2 is 2.00 bits per heavy atom. The maximum absolute atomic E-state index is 13.0. The Balaban J connectivity index is 1.50. The highest BCUT2D eigenvalue weighted by molar-refractivity contribution is 7.13. The van der Waals surface area contributed by atoms with Crippen LogP contribution in [0, 0.1) is 12.7 Å². The van der Waals surface area contributed by atoms with Gasteiger partial charge in [-0.05, 0) is 44.4 Å². The van der Waals surface area contributed by atoms with Crippen molar-refractivity contribution in [3.05, 3.63) is 46.7 Å². The number of anilines is 1. The van der Waals surface area contributed by atoms with Crippen molar-refractivity contribution in [2.24, 2.45) is 0 Å². The van der Waals surface area contributed by atoms with Crippen molar-refractivity contribution in [3.63, 3.8) is 0 Å². The van der Waals surface area contributed by atoms with E-state index in [9.17, 15) is 9.50 Å². The van der Waals surface area contributed by atoms with Crippen LogP contribution in [-0.4, -0.2) is 35.8 Å². The second kappa shape index (κ2) is 7.17. The van der Waals surface area contributed by atoms with Crippen LogP contribution in [0.25, 0.3) is 0 Å². The summed E-state index contributed by atoms with van der Waals surface area (Å²) in [6.45, 7) is 6.19. The first-order valence-corrected chi connectivity index (χ1v) is 9.21. The van der Waals surface area contributed by atoms with Crippen molar-refractivity contribution in [2.75, 3.05) is 24.5 Å². The van der Waals surface area contributed by atoms with Gasteiger partial charge in [0.25, 0.3) is 0 Å². The molecule has 1 saturated heterocycles. The summed E-state index contributed by atoms with van der Waals surface area (Å²) >= 11 is 1.70. The molecule has 4 nitrogen and oxygen atoms in total. The van der Waals surface area contributed by atoms with E-state index in [1.807, 2.05) is 6.92 Å². The summed E-state index contributed by atoms with van der Waals surface area (Å²) in [6.07, 6.45) is 2.05. The van der Waals surface area contributed by atoms with Crippen molar-refractivity contribution < 1.29 is 9.50 Å². The lowest BCUT2D eigenvalue weighted by atomic mass is 9.95. The van der Waals surface area contributed by atoms with Gasteiger partial charge >= 0.3 is 0 Å². The van der Waals surface area contributed by atoms with Crippen molar-refractivity contribution in [2.45, 2.75) is 38.3 Å².